The van der Waals surface area contributed by atoms with Crippen molar-refractivity contribution in [1.29, 1.82) is 0 Å². The lowest BCUT2D eigenvalue weighted by atomic mass is 9.49. The molecule has 5 heteroatoms. The standard InChI is InChI=1S/C16H22IN3O/c1-20-14(13(17)8-19-20)15(21)18-9-16-5-10-2-11(6-16)4-12(3-10)7-16/h8,10-12H,2-7,9H2,1H3,(H,18,21). The van der Waals surface area contributed by atoms with Gasteiger partial charge >= 0.3 is 0 Å². The second kappa shape index (κ2) is 4.96. The first-order valence-corrected chi connectivity index (χ1v) is 9.08. The van der Waals surface area contributed by atoms with E-state index >= 15 is 0 Å². The van der Waals surface area contributed by atoms with Gasteiger partial charge in [-0.15, -0.1) is 0 Å². The molecule has 5 rings (SSSR count). The molecule has 0 unspecified atom stereocenters. The number of nitrogens with zero attached hydrogens (tertiary/aromatic N) is 2. The Balaban J connectivity index is 1.46. The van der Waals surface area contributed by atoms with Crippen LogP contribution in [0.25, 0.3) is 0 Å². The van der Waals surface area contributed by atoms with E-state index in [4.69, 9.17) is 0 Å². The van der Waals surface area contributed by atoms with Gasteiger partial charge in [-0.1, -0.05) is 0 Å². The highest BCUT2D eigenvalue weighted by atomic mass is 127. The smallest absolute Gasteiger partial charge is 0.270 e. The van der Waals surface area contributed by atoms with E-state index in [1.54, 1.807) is 10.9 Å². The van der Waals surface area contributed by atoms with Crippen LogP contribution in [-0.4, -0.2) is 22.2 Å². The van der Waals surface area contributed by atoms with Crippen molar-refractivity contribution in [2.75, 3.05) is 6.54 Å². The number of nitrogens with one attached hydrogen (secondary N) is 1. The Hall–Kier alpha value is -0.590. The molecule has 21 heavy (non-hydrogen) atoms. The quantitative estimate of drug-likeness (QED) is 0.795. The van der Waals surface area contributed by atoms with E-state index in [9.17, 15) is 4.79 Å². The van der Waals surface area contributed by atoms with E-state index in [-0.39, 0.29) is 5.91 Å². The van der Waals surface area contributed by atoms with Gasteiger partial charge in [-0.05, 0) is 84.3 Å². The van der Waals surface area contributed by atoms with Gasteiger partial charge in [0.05, 0.1) is 9.77 Å². The fourth-order valence-corrected chi connectivity index (χ4v) is 6.24. The van der Waals surface area contributed by atoms with Gasteiger partial charge in [-0.2, -0.15) is 5.10 Å². The second-order valence-electron chi connectivity index (χ2n) is 7.56. The Bertz CT molecular complexity index is 525. The summed E-state index contributed by atoms with van der Waals surface area (Å²) in [5, 5.41) is 7.38. The molecule has 1 heterocycles. The average molecular weight is 399 g/mol. The molecule has 0 saturated heterocycles. The van der Waals surface area contributed by atoms with Crippen LogP contribution < -0.4 is 5.32 Å². The zero-order chi connectivity index (χ0) is 14.6. The van der Waals surface area contributed by atoms with Gasteiger partial charge in [0, 0.05) is 13.6 Å². The fraction of sp³-hybridized carbons (Fsp3) is 0.750. The number of aromatic nitrogens is 2. The minimum Gasteiger partial charge on any atom is -0.350 e. The minimum atomic E-state index is 0.0372. The largest absolute Gasteiger partial charge is 0.350 e. The topological polar surface area (TPSA) is 46.9 Å². The summed E-state index contributed by atoms with van der Waals surface area (Å²) >= 11 is 2.18. The summed E-state index contributed by atoms with van der Waals surface area (Å²) in [6.45, 7) is 0.858. The zero-order valence-corrected chi connectivity index (χ0v) is 14.6. The van der Waals surface area contributed by atoms with Crippen molar-refractivity contribution in [2.45, 2.75) is 38.5 Å². The summed E-state index contributed by atoms with van der Waals surface area (Å²) in [7, 11) is 1.84. The monoisotopic (exact) mass is 399 g/mol. The van der Waals surface area contributed by atoms with Crippen molar-refractivity contribution < 1.29 is 4.79 Å². The normalized spacial score (nSPS) is 37.0. The van der Waals surface area contributed by atoms with Crippen LogP contribution in [0.15, 0.2) is 6.20 Å². The number of carbonyl (C=O) groups is 1. The molecule has 0 atom stereocenters. The Morgan fingerprint density at radius 3 is 2.38 bits per heavy atom. The molecule has 1 N–H and O–H groups in total. The molecule has 0 aromatic carbocycles. The molecule has 4 saturated carbocycles. The maximum Gasteiger partial charge on any atom is 0.270 e. The Kier molecular flexibility index (Phi) is 3.32. The number of aryl methyl sites for hydroxylation is 1. The molecule has 4 fully saturated rings. The van der Waals surface area contributed by atoms with E-state index in [0.29, 0.717) is 11.1 Å². The Labute approximate surface area is 139 Å². The van der Waals surface area contributed by atoms with Gasteiger partial charge in [-0.25, -0.2) is 0 Å². The summed E-state index contributed by atoms with van der Waals surface area (Å²) in [5.41, 5.74) is 1.09. The number of halogens is 1. The molecule has 1 aromatic heterocycles. The van der Waals surface area contributed by atoms with Crippen molar-refractivity contribution in [3.05, 3.63) is 15.5 Å². The predicted molar refractivity (Wildman–Crippen MR) is 88.9 cm³/mol. The molecular weight excluding hydrogens is 377 g/mol. The summed E-state index contributed by atoms with van der Waals surface area (Å²) in [6, 6.07) is 0. The number of rotatable bonds is 3. The van der Waals surface area contributed by atoms with Gasteiger partial charge in [-0.3, -0.25) is 9.48 Å². The molecule has 114 valence electrons. The number of hydrogen-bond donors (Lipinski definition) is 1. The third-order valence-corrected chi connectivity index (χ3v) is 6.69. The van der Waals surface area contributed by atoms with Crippen molar-refractivity contribution >= 4 is 28.5 Å². The first-order valence-electron chi connectivity index (χ1n) is 8.00. The molecule has 4 bridgehead atoms. The zero-order valence-electron chi connectivity index (χ0n) is 12.4. The van der Waals surface area contributed by atoms with Crippen LogP contribution in [0, 0.1) is 26.7 Å². The van der Waals surface area contributed by atoms with Gasteiger partial charge in [0.2, 0.25) is 0 Å². The third-order valence-electron chi connectivity index (χ3n) is 5.90. The molecule has 0 aliphatic heterocycles. The first kappa shape index (κ1) is 14.0. The van der Waals surface area contributed by atoms with Crippen molar-refractivity contribution in [1.82, 2.24) is 15.1 Å². The highest BCUT2D eigenvalue weighted by Crippen LogP contribution is 2.59. The molecule has 4 aliphatic rings. The summed E-state index contributed by atoms with van der Waals surface area (Å²) in [5.74, 6) is 2.84. The second-order valence-corrected chi connectivity index (χ2v) is 8.73. The van der Waals surface area contributed by atoms with Crippen LogP contribution in [0.2, 0.25) is 0 Å². The molecule has 1 aromatic rings. The van der Waals surface area contributed by atoms with Gasteiger partial charge in [0.15, 0.2) is 0 Å². The van der Waals surface area contributed by atoms with Gasteiger partial charge in [0.25, 0.3) is 5.91 Å². The lowest BCUT2D eigenvalue weighted by molar-refractivity contribution is -0.0503. The molecular formula is C16H22IN3O. The summed E-state index contributed by atoms with van der Waals surface area (Å²) in [6.07, 6.45) is 10.1. The van der Waals surface area contributed by atoms with Gasteiger partial charge in [0.1, 0.15) is 5.69 Å². The van der Waals surface area contributed by atoms with Crippen LogP contribution in [-0.2, 0) is 7.05 Å². The molecule has 0 spiro atoms. The first-order chi connectivity index (χ1) is 10.0. The van der Waals surface area contributed by atoms with Crippen LogP contribution in [0.5, 0.6) is 0 Å². The number of carbonyl (C=O) groups excluding carboxylic acids is 1. The lowest BCUT2D eigenvalue weighted by Crippen LogP contribution is -2.51. The summed E-state index contributed by atoms with van der Waals surface area (Å²) < 4.78 is 2.61. The van der Waals surface area contributed by atoms with Crippen molar-refractivity contribution in [2.24, 2.45) is 30.2 Å². The average Bonchev–Trinajstić information content (AvgIpc) is 2.74. The molecule has 4 aliphatic carbocycles. The minimum absolute atomic E-state index is 0.0372. The maximum atomic E-state index is 12.5. The van der Waals surface area contributed by atoms with E-state index in [1.165, 1.54) is 38.5 Å². The summed E-state index contributed by atoms with van der Waals surface area (Å²) in [4.78, 5) is 12.5. The fourth-order valence-electron chi connectivity index (χ4n) is 5.52. The molecule has 1 amide bonds. The maximum absolute atomic E-state index is 12.5. The van der Waals surface area contributed by atoms with E-state index in [1.807, 2.05) is 7.05 Å². The van der Waals surface area contributed by atoms with Crippen LogP contribution in [0.1, 0.15) is 49.0 Å². The van der Waals surface area contributed by atoms with E-state index in [0.717, 1.165) is 27.9 Å². The molecule has 4 nitrogen and oxygen atoms in total. The van der Waals surface area contributed by atoms with Gasteiger partial charge < -0.3 is 5.32 Å². The number of amides is 1. The predicted octanol–water partition coefficient (Wildman–Crippen LogP) is 2.97. The lowest BCUT2D eigenvalue weighted by Gasteiger charge is -2.56. The van der Waals surface area contributed by atoms with Crippen molar-refractivity contribution in [3.63, 3.8) is 0 Å². The Morgan fingerprint density at radius 2 is 1.90 bits per heavy atom. The highest BCUT2D eigenvalue weighted by molar-refractivity contribution is 14.1. The van der Waals surface area contributed by atoms with Crippen LogP contribution in [0.4, 0.5) is 0 Å². The van der Waals surface area contributed by atoms with Crippen LogP contribution in [0.3, 0.4) is 0 Å². The highest BCUT2D eigenvalue weighted by Gasteiger charge is 2.50. The van der Waals surface area contributed by atoms with Crippen LogP contribution >= 0.6 is 22.6 Å². The molecule has 0 radical (unpaired) electrons. The SMILES string of the molecule is Cn1ncc(I)c1C(=O)NCC12CC3CC(CC(C3)C1)C2. The van der Waals surface area contributed by atoms with E-state index < -0.39 is 0 Å². The Morgan fingerprint density at radius 1 is 1.33 bits per heavy atom. The third kappa shape index (κ3) is 2.41. The van der Waals surface area contributed by atoms with Crippen molar-refractivity contribution in [3.8, 4) is 0 Å². The van der Waals surface area contributed by atoms with E-state index in [2.05, 4.69) is 33.0 Å². The number of hydrogen-bond acceptors (Lipinski definition) is 2.